The van der Waals surface area contributed by atoms with Crippen molar-refractivity contribution >= 4 is 34.7 Å². The summed E-state index contributed by atoms with van der Waals surface area (Å²) in [6, 6.07) is 12.0. The maximum Gasteiger partial charge on any atom is 0.269 e. The second kappa shape index (κ2) is 7.02. The van der Waals surface area contributed by atoms with Gasteiger partial charge in [-0.2, -0.15) is 0 Å². The molecule has 7 heteroatoms. The minimum absolute atomic E-state index is 0.134. The van der Waals surface area contributed by atoms with Gasteiger partial charge in [-0.25, -0.2) is 0 Å². The number of hydrogen-bond acceptors (Lipinski definition) is 4. The number of alkyl halides is 1. The summed E-state index contributed by atoms with van der Waals surface area (Å²) in [5, 5.41) is 11.7. The fraction of sp³-hybridized carbons (Fsp3) is 0.125. The highest BCUT2D eigenvalue weighted by atomic mass is 35.5. The van der Waals surface area contributed by atoms with Gasteiger partial charge in [0.05, 0.1) is 4.92 Å². The number of carbonyl (C=O) groups is 2. The van der Waals surface area contributed by atoms with Crippen LogP contribution in [0.25, 0.3) is 0 Å². The molecule has 0 aromatic heterocycles. The zero-order chi connectivity index (χ0) is 17.0. The van der Waals surface area contributed by atoms with Crippen molar-refractivity contribution in [2.45, 2.75) is 12.3 Å². The molecule has 1 unspecified atom stereocenters. The van der Waals surface area contributed by atoms with Crippen LogP contribution >= 0.6 is 11.6 Å². The number of nitrogens with zero attached hydrogens (tertiary/aromatic N) is 1. The molecule has 0 bridgehead atoms. The second-order valence-electron chi connectivity index (χ2n) is 4.89. The van der Waals surface area contributed by atoms with Crippen molar-refractivity contribution in [3.05, 3.63) is 69.8 Å². The number of carbonyl (C=O) groups excluding carboxylic acids is 2. The predicted molar refractivity (Wildman–Crippen MR) is 86.9 cm³/mol. The van der Waals surface area contributed by atoms with Crippen molar-refractivity contribution in [2.24, 2.45) is 0 Å². The first-order valence-corrected chi connectivity index (χ1v) is 7.12. The number of hydrogen-bond donors (Lipinski definition) is 1. The number of amides is 1. The third-order valence-electron chi connectivity index (χ3n) is 3.11. The first-order chi connectivity index (χ1) is 10.9. The molecule has 1 N–H and O–H groups in total. The molecule has 1 atom stereocenters. The lowest BCUT2D eigenvalue weighted by atomic mass is 10.1. The van der Waals surface area contributed by atoms with Gasteiger partial charge in [0.25, 0.3) is 5.69 Å². The van der Waals surface area contributed by atoms with Crippen LogP contribution in [-0.2, 0) is 4.79 Å². The van der Waals surface area contributed by atoms with E-state index in [2.05, 4.69) is 5.32 Å². The van der Waals surface area contributed by atoms with Crippen LogP contribution in [0, 0.1) is 17.0 Å². The van der Waals surface area contributed by atoms with Gasteiger partial charge in [0.2, 0.25) is 5.91 Å². The molecule has 2 aromatic carbocycles. The number of benzene rings is 2. The van der Waals surface area contributed by atoms with Crippen LogP contribution in [0.5, 0.6) is 0 Å². The Hall–Kier alpha value is -2.73. The van der Waals surface area contributed by atoms with Crippen molar-refractivity contribution in [1.82, 2.24) is 0 Å². The lowest BCUT2D eigenvalue weighted by Gasteiger charge is -2.10. The van der Waals surface area contributed by atoms with E-state index in [0.717, 1.165) is 5.56 Å². The van der Waals surface area contributed by atoms with Gasteiger partial charge in [-0.15, -0.1) is 11.6 Å². The number of rotatable bonds is 5. The van der Waals surface area contributed by atoms with Gasteiger partial charge in [0.15, 0.2) is 11.2 Å². The Morgan fingerprint density at radius 1 is 1.17 bits per heavy atom. The number of anilines is 1. The largest absolute Gasteiger partial charge is 0.324 e. The molecule has 0 saturated carbocycles. The molecule has 0 aliphatic carbocycles. The fourth-order valence-corrected chi connectivity index (χ4v) is 2.12. The zero-order valence-electron chi connectivity index (χ0n) is 12.2. The number of Topliss-reactive ketones (excluding diaryl/α,β-unsaturated/α-hetero) is 1. The Labute approximate surface area is 137 Å². The van der Waals surface area contributed by atoms with Gasteiger partial charge in [-0.1, -0.05) is 12.1 Å². The highest BCUT2D eigenvalue weighted by Gasteiger charge is 2.25. The Morgan fingerprint density at radius 3 is 2.39 bits per heavy atom. The fourth-order valence-electron chi connectivity index (χ4n) is 1.94. The molecule has 0 aliphatic rings. The van der Waals surface area contributed by atoms with Crippen molar-refractivity contribution in [1.29, 1.82) is 0 Å². The van der Waals surface area contributed by atoms with E-state index < -0.39 is 22.0 Å². The molecule has 2 aromatic rings. The Morgan fingerprint density at radius 2 is 1.83 bits per heavy atom. The van der Waals surface area contributed by atoms with Gasteiger partial charge < -0.3 is 5.32 Å². The van der Waals surface area contributed by atoms with Crippen molar-refractivity contribution < 1.29 is 14.5 Å². The summed E-state index contributed by atoms with van der Waals surface area (Å²) in [6.07, 6.45) is 0. The molecular formula is C16H13ClN2O4. The average Bonchev–Trinajstić information content (AvgIpc) is 2.53. The number of non-ortho nitro benzene ring substituents is 1. The third-order valence-corrected chi connectivity index (χ3v) is 3.51. The minimum atomic E-state index is -1.42. The molecular weight excluding hydrogens is 320 g/mol. The monoisotopic (exact) mass is 332 g/mol. The molecule has 23 heavy (non-hydrogen) atoms. The molecule has 118 valence electrons. The van der Waals surface area contributed by atoms with Crippen LogP contribution in [0.4, 0.5) is 11.4 Å². The Bertz CT molecular complexity index is 759. The van der Waals surface area contributed by atoms with Crippen LogP contribution in [0.1, 0.15) is 15.9 Å². The van der Waals surface area contributed by atoms with Crippen molar-refractivity contribution in [3.63, 3.8) is 0 Å². The minimum Gasteiger partial charge on any atom is -0.324 e. The van der Waals surface area contributed by atoms with Crippen LogP contribution in [0.15, 0.2) is 48.5 Å². The normalized spacial score (nSPS) is 11.6. The van der Waals surface area contributed by atoms with Crippen LogP contribution in [0.2, 0.25) is 0 Å². The van der Waals surface area contributed by atoms with Gasteiger partial charge in [-0.05, 0) is 36.8 Å². The number of nitro groups is 1. The average molecular weight is 333 g/mol. The van der Waals surface area contributed by atoms with Crippen molar-refractivity contribution in [2.75, 3.05) is 5.32 Å². The smallest absolute Gasteiger partial charge is 0.269 e. The molecule has 0 fully saturated rings. The maximum atomic E-state index is 12.2. The Kier molecular flexibility index (Phi) is 5.08. The number of halogens is 1. The van der Waals surface area contributed by atoms with E-state index >= 15 is 0 Å². The van der Waals surface area contributed by atoms with Crippen LogP contribution in [0.3, 0.4) is 0 Å². The molecule has 1 amide bonds. The highest BCUT2D eigenvalue weighted by Crippen LogP contribution is 2.17. The topological polar surface area (TPSA) is 89.3 Å². The molecule has 0 heterocycles. The number of ketones is 1. The molecule has 6 nitrogen and oxygen atoms in total. The van der Waals surface area contributed by atoms with E-state index in [4.69, 9.17) is 11.6 Å². The first-order valence-electron chi connectivity index (χ1n) is 6.69. The lowest BCUT2D eigenvalue weighted by Crippen LogP contribution is -2.30. The first kappa shape index (κ1) is 16.6. The van der Waals surface area contributed by atoms with Gasteiger partial charge in [0.1, 0.15) is 0 Å². The van der Waals surface area contributed by atoms with Crippen LogP contribution in [-0.4, -0.2) is 22.0 Å². The lowest BCUT2D eigenvalue weighted by molar-refractivity contribution is -0.384. The number of aryl methyl sites for hydroxylation is 1. The summed E-state index contributed by atoms with van der Waals surface area (Å²) in [4.78, 5) is 34.2. The molecule has 0 spiro atoms. The number of nitro benzene ring substituents is 1. The summed E-state index contributed by atoms with van der Waals surface area (Å²) in [7, 11) is 0. The molecule has 0 radical (unpaired) electrons. The van der Waals surface area contributed by atoms with E-state index in [-0.39, 0.29) is 11.3 Å². The predicted octanol–water partition coefficient (Wildman–Crippen LogP) is 3.33. The zero-order valence-corrected chi connectivity index (χ0v) is 12.9. The van der Waals surface area contributed by atoms with E-state index in [1.807, 2.05) is 13.0 Å². The quantitative estimate of drug-likeness (QED) is 0.299. The highest BCUT2D eigenvalue weighted by molar-refractivity contribution is 6.45. The van der Waals surface area contributed by atoms with Gasteiger partial charge in [-0.3, -0.25) is 19.7 Å². The summed E-state index contributed by atoms with van der Waals surface area (Å²) >= 11 is 5.91. The SMILES string of the molecule is Cc1cccc(NC(=O)C(Cl)C(=O)c2ccc([N+](=O)[O-])cc2)c1. The second-order valence-corrected chi connectivity index (χ2v) is 5.33. The summed E-state index contributed by atoms with van der Waals surface area (Å²) in [5.41, 5.74) is 1.49. The van der Waals surface area contributed by atoms with Crippen molar-refractivity contribution in [3.8, 4) is 0 Å². The van der Waals surface area contributed by atoms with E-state index in [1.165, 1.54) is 24.3 Å². The maximum absolute atomic E-state index is 12.2. The van der Waals surface area contributed by atoms with Crippen LogP contribution < -0.4 is 5.32 Å². The van der Waals surface area contributed by atoms with E-state index in [0.29, 0.717) is 5.69 Å². The Balaban J connectivity index is 2.09. The summed E-state index contributed by atoms with van der Waals surface area (Å²) < 4.78 is 0. The number of nitrogens with one attached hydrogen (secondary N) is 1. The molecule has 0 aliphatic heterocycles. The van der Waals surface area contributed by atoms with Gasteiger partial charge in [0, 0.05) is 23.4 Å². The van der Waals surface area contributed by atoms with E-state index in [1.54, 1.807) is 18.2 Å². The summed E-state index contributed by atoms with van der Waals surface area (Å²) in [5.74, 6) is -1.27. The third kappa shape index (κ3) is 4.14. The van der Waals surface area contributed by atoms with E-state index in [9.17, 15) is 19.7 Å². The molecule has 0 saturated heterocycles. The standard InChI is InChI=1S/C16H13ClN2O4/c1-10-3-2-4-12(9-10)18-16(21)14(17)15(20)11-5-7-13(8-6-11)19(22)23/h2-9,14H,1H3,(H,18,21). The van der Waals surface area contributed by atoms with Gasteiger partial charge >= 0.3 is 0 Å². The molecule has 2 rings (SSSR count). The summed E-state index contributed by atoms with van der Waals surface area (Å²) in [6.45, 7) is 1.87.